The molecular weight excluding hydrogens is 529 g/mol. The molecule has 2 nitrogen and oxygen atoms in total. The summed E-state index contributed by atoms with van der Waals surface area (Å²) >= 11 is 0. The molecule has 0 aromatic carbocycles. The van der Waals surface area contributed by atoms with Gasteiger partial charge < -0.3 is 0 Å². The van der Waals surface area contributed by atoms with Gasteiger partial charge in [0.2, 0.25) is 0 Å². The van der Waals surface area contributed by atoms with Crippen molar-refractivity contribution in [2.75, 3.05) is 0 Å². The van der Waals surface area contributed by atoms with Crippen molar-refractivity contribution in [1.82, 2.24) is 0 Å². The Bertz CT molecular complexity index is 477. The molecule has 0 aliphatic rings. The summed E-state index contributed by atoms with van der Waals surface area (Å²) in [6.07, 6.45) is 41.5. The molecule has 0 N–H and O–H groups in total. The molecule has 0 rings (SSSR count). The molecule has 0 heterocycles. The van der Waals surface area contributed by atoms with Gasteiger partial charge in [-0.15, -0.1) is 0 Å². The molecule has 0 saturated heterocycles. The van der Waals surface area contributed by atoms with E-state index in [1.807, 2.05) is 0 Å². The molecule has 0 spiro atoms. The second-order valence-electron chi connectivity index (χ2n) is 12.3. The maximum atomic E-state index is 12.1. The van der Waals surface area contributed by atoms with Gasteiger partial charge in [-0.05, 0) is 34.4 Å². The van der Waals surface area contributed by atoms with Crippen LogP contribution >= 0.6 is 21.6 Å². The third-order valence-electron chi connectivity index (χ3n) is 8.20. The van der Waals surface area contributed by atoms with Gasteiger partial charge in [0.05, 0.1) is 0 Å². The zero-order valence-corrected chi connectivity index (χ0v) is 28.9. The Balaban J connectivity index is 3.27. The van der Waals surface area contributed by atoms with Crippen molar-refractivity contribution in [3.8, 4) is 0 Å². The Morgan fingerprint density at radius 3 is 0.675 bits per heavy atom. The van der Waals surface area contributed by atoms with Crippen LogP contribution in [0.3, 0.4) is 0 Å². The van der Waals surface area contributed by atoms with Gasteiger partial charge >= 0.3 is 0 Å². The van der Waals surface area contributed by atoms with Crippen LogP contribution in [0.2, 0.25) is 0 Å². The van der Waals surface area contributed by atoms with Crippen LogP contribution < -0.4 is 0 Å². The Morgan fingerprint density at radius 2 is 0.475 bits per heavy atom. The van der Waals surface area contributed by atoms with E-state index in [0.717, 1.165) is 25.7 Å². The third kappa shape index (κ3) is 34.2. The Kier molecular flexibility index (Phi) is 35.3. The van der Waals surface area contributed by atoms with E-state index in [0.29, 0.717) is 12.8 Å². The first-order valence-corrected chi connectivity index (χ1v) is 20.3. The minimum absolute atomic E-state index is 0.185. The van der Waals surface area contributed by atoms with E-state index >= 15 is 0 Å². The summed E-state index contributed by atoms with van der Waals surface area (Å²) in [7, 11) is 2.37. The highest BCUT2D eigenvalue weighted by Crippen LogP contribution is 2.27. The molecule has 40 heavy (non-hydrogen) atoms. The predicted octanol–water partition coefficient (Wildman–Crippen LogP) is 13.9. The molecule has 0 radical (unpaired) electrons. The van der Waals surface area contributed by atoms with Gasteiger partial charge in [0, 0.05) is 12.8 Å². The molecular formula is C36H70O2S2. The minimum Gasteiger partial charge on any atom is -0.286 e. The summed E-state index contributed by atoms with van der Waals surface area (Å²) < 4.78 is 0. The van der Waals surface area contributed by atoms with Crippen LogP contribution in [-0.4, -0.2) is 10.2 Å². The van der Waals surface area contributed by atoms with Crippen molar-refractivity contribution in [1.29, 1.82) is 0 Å². The fourth-order valence-corrected chi connectivity index (χ4v) is 7.16. The fourth-order valence-electron chi connectivity index (χ4n) is 5.46. The monoisotopic (exact) mass is 598 g/mol. The lowest BCUT2D eigenvalue weighted by Gasteiger charge is -2.04. The highest BCUT2D eigenvalue weighted by atomic mass is 33.1. The first-order chi connectivity index (χ1) is 19.7. The average molecular weight is 599 g/mol. The van der Waals surface area contributed by atoms with E-state index in [1.165, 1.54) is 189 Å². The smallest absolute Gasteiger partial charge is 0.199 e. The lowest BCUT2D eigenvalue weighted by molar-refractivity contribution is -0.112. The standard InChI is InChI=1S/C36H70O2S2/c1-3-5-7-9-11-13-15-17-19-21-23-25-27-29-31-33-35(37)39-40-36(38)34-32-30-28-26-24-22-20-18-16-14-12-10-8-6-4-2/h3-34H2,1-2H3. The highest BCUT2D eigenvalue weighted by molar-refractivity contribution is 8.87. The number of hydrogen-bond donors (Lipinski definition) is 0. The van der Waals surface area contributed by atoms with E-state index in [9.17, 15) is 9.59 Å². The minimum atomic E-state index is 0.185. The lowest BCUT2D eigenvalue weighted by atomic mass is 10.0. The van der Waals surface area contributed by atoms with Crippen LogP contribution in [0.4, 0.5) is 0 Å². The van der Waals surface area contributed by atoms with E-state index in [-0.39, 0.29) is 10.2 Å². The summed E-state index contributed by atoms with van der Waals surface area (Å²) in [5, 5.41) is 0.370. The summed E-state index contributed by atoms with van der Waals surface area (Å²) in [5.74, 6) is 0. The number of unbranched alkanes of at least 4 members (excludes halogenated alkanes) is 28. The van der Waals surface area contributed by atoms with E-state index < -0.39 is 0 Å². The van der Waals surface area contributed by atoms with Gasteiger partial charge in [-0.3, -0.25) is 9.59 Å². The van der Waals surface area contributed by atoms with Crippen LogP contribution in [0.15, 0.2) is 0 Å². The quantitative estimate of drug-likeness (QED) is 0.0569. The van der Waals surface area contributed by atoms with Crippen LogP contribution in [0, 0.1) is 0 Å². The second-order valence-corrected chi connectivity index (χ2v) is 14.6. The van der Waals surface area contributed by atoms with Gasteiger partial charge in [0.25, 0.3) is 0 Å². The SMILES string of the molecule is CCCCCCCCCCCCCCCCCC(=O)SSC(=O)CCCCCCCCCCCCCCCCC. The zero-order chi connectivity index (χ0) is 29.2. The number of carbonyl (C=O) groups excluding carboxylic acids is 2. The molecule has 0 aromatic rings. The molecule has 4 heteroatoms. The Hall–Kier alpha value is 0.0400. The van der Waals surface area contributed by atoms with Gasteiger partial charge in [-0.1, -0.05) is 194 Å². The van der Waals surface area contributed by atoms with Crippen molar-refractivity contribution >= 4 is 31.8 Å². The zero-order valence-electron chi connectivity index (χ0n) is 27.3. The van der Waals surface area contributed by atoms with Crippen molar-refractivity contribution in [2.45, 2.75) is 219 Å². The van der Waals surface area contributed by atoms with E-state index in [2.05, 4.69) is 13.8 Å². The normalized spacial score (nSPS) is 11.3. The van der Waals surface area contributed by atoms with Gasteiger partial charge in [-0.2, -0.15) is 0 Å². The van der Waals surface area contributed by atoms with Crippen LogP contribution in [-0.2, 0) is 9.59 Å². The highest BCUT2D eigenvalue weighted by Gasteiger charge is 2.09. The van der Waals surface area contributed by atoms with Crippen molar-refractivity contribution in [3.05, 3.63) is 0 Å². The average Bonchev–Trinajstić information content (AvgIpc) is 2.96. The molecule has 0 saturated carbocycles. The summed E-state index contributed by atoms with van der Waals surface area (Å²) in [4.78, 5) is 24.2. The second kappa shape index (κ2) is 35.2. The summed E-state index contributed by atoms with van der Waals surface area (Å²) in [5.41, 5.74) is 0. The number of rotatable bonds is 32. The number of hydrogen-bond acceptors (Lipinski definition) is 4. The topological polar surface area (TPSA) is 34.1 Å². The fraction of sp³-hybridized carbons (Fsp3) is 0.944. The Morgan fingerprint density at radius 1 is 0.300 bits per heavy atom. The molecule has 238 valence electrons. The molecule has 0 atom stereocenters. The Labute approximate surface area is 259 Å². The van der Waals surface area contributed by atoms with E-state index in [4.69, 9.17) is 0 Å². The van der Waals surface area contributed by atoms with Gasteiger partial charge in [-0.25, -0.2) is 0 Å². The summed E-state index contributed by atoms with van der Waals surface area (Å²) in [6.45, 7) is 4.56. The molecule has 0 aromatic heterocycles. The van der Waals surface area contributed by atoms with Crippen molar-refractivity contribution in [2.24, 2.45) is 0 Å². The molecule has 0 fully saturated rings. The summed E-state index contributed by atoms with van der Waals surface area (Å²) in [6, 6.07) is 0. The first kappa shape index (κ1) is 40.0. The van der Waals surface area contributed by atoms with Crippen molar-refractivity contribution in [3.63, 3.8) is 0 Å². The lowest BCUT2D eigenvalue weighted by Crippen LogP contribution is -1.94. The van der Waals surface area contributed by atoms with E-state index in [1.54, 1.807) is 0 Å². The van der Waals surface area contributed by atoms with Gasteiger partial charge in [0.1, 0.15) is 0 Å². The third-order valence-corrected chi connectivity index (χ3v) is 10.4. The van der Waals surface area contributed by atoms with Crippen molar-refractivity contribution < 1.29 is 9.59 Å². The first-order valence-electron chi connectivity index (χ1n) is 18.1. The molecule has 0 bridgehead atoms. The molecule has 0 aliphatic carbocycles. The van der Waals surface area contributed by atoms with Gasteiger partial charge in [0.15, 0.2) is 10.2 Å². The maximum absolute atomic E-state index is 12.1. The van der Waals surface area contributed by atoms with Crippen LogP contribution in [0.1, 0.15) is 219 Å². The van der Waals surface area contributed by atoms with Crippen LogP contribution in [0.5, 0.6) is 0 Å². The molecule has 0 amide bonds. The predicted molar refractivity (Wildman–Crippen MR) is 184 cm³/mol. The molecule has 0 aliphatic heterocycles. The van der Waals surface area contributed by atoms with Crippen LogP contribution in [0.25, 0.3) is 0 Å². The number of carbonyl (C=O) groups is 2. The maximum Gasteiger partial charge on any atom is 0.199 e. The largest absolute Gasteiger partial charge is 0.286 e. The molecule has 0 unspecified atom stereocenters.